The highest BCUT2D eigenvalue weighted by Crippen LogP contribution is 2.29. The van der Waals surface area contributed by atoms with Gasteiger partial charge in [0, 0.05) is 11.6 Å². The molecule has 1 aliphatic carbocycles. The van der Waals surface area contributed by atoms with Gasteiger partial charge < -0.3 is 15.2 Å². The predicted molar refractivity (Wildman–Crippen MR) is 82.9 cm³/mol. The van der Waals surface area contributed by atoms with Gasteiger partial charge in [-0.25, -0.2) is 0 Å². The molecular formula is C16H22ClNO3. The summed E-state index contributed by atoms with van der Waals surface area (Å²) < 4.78 is 5.59. The minimum absolute atomic E-state index is 0.191. The van der Waals surface area contributed by atoms with Crippen molar-refractivity contribution in [2.45, 2.75) is 25.7 Å². The zero-order chi connectivity index (χ0) is 15.1. The van der Waals surface area contributed by atoms with Crippen molar-refractivity contribution in [1.82, 2.24) is 5.32 Å². The van der Waals surface area contributed by atoms with Crippen LogP contribution in [0, 0.1) is 11.8 Å². The number of carboxylic acids is 1. The second-order valence-electron chi connectivity index (χ2n) is 5.50. The molecule has 4 nitrogen and oxygen atoms in total. The highest BCUT2D eigenvalue weighted by atomic mass is 35.5. The van der Waals surface area contributed by atoms with Gasteiger partial charge in [-0.1, -0.05) is 24.4 Å². The van der Waals surface area contributed by atoms with E-state index in [1.807, 2.05) is 12.1 Å². The molecule has 0 radical (unpaired) electrons. The van der Waals surface area contributed by atoms with Crippen LogP contribution >= 0.6 is 11.6 Å². The van der Waals surface area contributed by atoms with E-state index >= 15 is 0 Å². The molecule has 1 aromatic rings. The van der Waals surface area contributed by atoms with Crippen LogP contribution in [0.2, 0.25) is 5.02 Å². The lowest BCUT2D eigenvalue weighted by Gasteiger charge is -2.28. The molecule has 0 aliphatic heterocycles. The number of halogens is 1. The first kappa shape index (κ1) is 16.1. The van der Waals surface area contributed by atoms with Crippen molar-refractivity contribution in [3.05, 3.63) is 29.3 Å². The fourth-order valence-electron chi connectivity index (χ4n) is 2.84. The quantitative estimate of drug-likeness (QED) is 0.759. The van der Waals surface area contributed by atoms with Crippen molar-refractivity contribution >= 4 is 17.6 Å². The van der Waals surface area contributed by atoms with Gasteiger partial charge in [-0.15, -0.1) is 0 Å². The molecule has 116 valence electrons. The van der Waals surface area contributed by atoms with Crippen LogP contribution in [0.25, 0.3) is 0 Å². The molecule has 1 aliphatic rings. The van der Waals surface area contributed by atoms with Gasteiger partial charge in [-0.3, -0.25) is 4.79 Å². The molecule has 0 amide bonds. The molecule has 0 heterocycles. The first-order chi connectivity index (χ1) is 10.2. The van der Waals surface area contributed by atoms with E-state index in [4.69, 9.17) is 16.3 Å². The molecule has 1 fully saturated rings. The summed E-state index contributed by atoms with van der Waals surface area (Å²) in [5.41, 5.74) is 0. The Morgan fingerprint density at radius 1 is 1.29 bits per heavy atom. The van der Waals surface area contributed by atoms with Crippen LogP contribution in [0.5, 0.6) is 5.75 Å². The molecule has 0 spiro atoms. The van der Waals surface area contributed by atoms with Crippen LogP contribution in [-0.2, 0) is 4.79 Å². The molecular weight excluding hydrogens is 290 g/mol. The third-order valence-electron chi connectivity index (χ3n) is 3.99. The Morgan fingerprint density at radius 3 is 2.71 bits per heavy atom. The second-order valence-corrected chi connectivity index (χ2v) is 5.93. The lowest BCUT2D eigenvalue weighted by Crippen LogP contribution is -2.36. The average Bonchev–Trinajstić information content (AvgIpc) is 2.49. The Labute approximate surface area is 130 Å². The van der Waals surface area contributed by atoms with Crippen LogP contribution in [0.15, 0.2) is 24.3 Å². The van der Waals surface area contributed by atoms with E-state index in [1.165, 1.54) is 0 Å². The van der Waals surface area contributed by atoms with Crippen LogP contribution in [0.4, 0.5) is 0 Å². The summed E-state index contributed by atoms with van der Waals surface area (Å²) in [5, 5.41) is 13.2. The van der Waals surface area contributed by atoms with Gasteiger partial charge in [0.2, 0.25) is 0 Å². The van der Waals surface area contributed by atoms with Crippen molar-refractivity contribution in [2.24, 2.45) is 11.8 Å². The summed E-state index contributed by atoms with van der Waals surface area (Å²) in [7, 11) is 0. The summed E-state index contributed by atoms with van der Waals surface area (Å²) in [6.45, 7) is 2.03. The van der Waals surface area contributed by atoms with Crippen LogP contribution < -0.4 is 10.1 Å². The molecule has 2 rings (SSSR count). The molecule has 0 aromatic heterocycles. The van der Waals surface area contributed by atoms with Crippen LogP contribution in [0.1, 0.15) is 25.7 Å². The Balaban J connectivity index is 1.64. The summed E-state index contributed by atoms with van der Waals surface area (Å²) in [6, 6.07) is 7.27. The fraction of sp³-hybridized carbons (Fsp3) is 0.562. The molecule has 1 aromatic carbocycles. The zero-order valence-corrected chi connectivity index (χ0v) is 12.8. The number of benzene rings is 1. The van der Waals surface area contributed by atoms with Crippen molar-refractivity contribution in [1.29, 1.82) is 0 Å². The number of hydrogen-bond donors (Lipinski definition) is 2. The maximum atomic E-state index is 11.2. The van der Waals surface area contributed by atoms with E-state index in [0.717, 1.165) is 38.0 Å². The van der Waals surface area contributed by atoms with E-state index in [2.05, 4.69) is 5.32 Å². The van der Waals surface area contributed by atoms with Crippen molar-refractivity contribution in [3.8, 4) is 5.75 Å². The van der Waals surface area contributed by atoms with E-state index in [0.29, 0.717) is 18.2 Å². The number of hydrogen-bond acceptors (Lipinski definition) is 3. The Morgan fingerprint density at radius 2 is 2.00 bits per heavy atom. The third kappa shape index (κ3) is 5.21. The highest BCUT2D eigenvalue weighted by molar-refractivity contribution is 6.30. The largest absolute Gasteiger partial charge is 0.492 e. The smallest absolute Gasteiger partial charge is 0.306 e. The normalized spacial score (nSPS) is 22.0. The Kier molecular flexibility index (Phi) is 6.33. The van der Waals surface area contributed by atoms with Crippen LogP contribution in [-0.4, -0.2) is 30.8 Å². The Hall–Kier alpha value is -1.26. The predicted octanol–water partition coefficient (Wildman–Crippen LogP) is 3.20. The van der Waals surface area contributed by atoms with E-state index < -0.39 is 5.97 Å². The minimum atomic E-state index is -0.654. The van der Waals surface area contributed by atoms with E-state index in [-0.39, 0.29) is 11.8 Å². The monoisotopic (exact) mass is 311 g/mol. The Bertz CT molecular complexity index is 449. The number of aliphatic carboxylic acids is 1. The van der Waals surface area contributed by atoms with Gasteiger partial charge in [0.25, 0.3) is 0 Å². The van der Waals surface area contributed by atoms with Gasteiger partial charge >= 0.3 is 5.97 Å². The lowest BCUT2D eigenvalue weighted by atomic mass is 9.79. The molecule has 1 saturated carbocycles. The molecule has 2 atom stereocenters. The summed E-state index contributed by atoms with van der Waals surface area (Å²) in [4.78, 5) is 11.2. The van der Waals surface area contributed by atoms with Gasteiger partial charge in [0.05, 0.1) is 5.92 Å². The van der Waals surface area contributed by atoms with Crippen LogP contribution in [0.3, 0.4) is 0 Å². The number of carboxylic acid groups (broad SMARTS) is 1. The molecule has 0 saturated heterocycles. The zero-order valence-electron chi connectivity index (χ0n) is 12.1. The number of rotatable bonds is 7. The van der Waals surface area contributed by atoms with Gasteiger partial charge in [-0.2, -0.15) is 0 Å². The number of carbonyl (C=O) groups is 1. The van der Waals surface area contributed by atoms with Gasteiger partial charge in [0.15, 0.2) is 0 Å². The van der Waals surface area contributed by atoms with E-state index in [9.17, 15) is 9.90 Å². The first-order valence-electron chi connectivity index (χ1n) is 7.48. The second kappa shape index (κ2) is 8.25. The highest BCUT2D eigenvalue weighted by Gasteiger charge is 2.30. The number of nitrogens with one attached hydrogen (secondary N) is 1. The minimum Gasteiger partial charge on any atom is -0.492 e. The lowest BCUT2D eigenvalue weighted by molar-refractivity contribution is -0.144. The SMILES string of the molecule is O=C(O)C1CCCCC1CNCCOc1ccc(Cl)cc1. The molecule has 2 N–H and O–H groups in total. The van der Waals surface area contributed by atoms with Gasteiger partial charge in [-0.05, 0) is 49.6 Å². The van der Waals surface area contributed by atoms with Crippen molar-refractivity contribution in [2.75, 3.05) is 19.7 Å². The van der Waals surface area contributed by atoms with Crippen molar-refractivity contribution in [3.63, 3.8) is 0 Å². The summed E-state index contributed by atoms with van der Waals surface area (Å²) in [6.07, 6.45) is 3.98. The molecule has 21 heavy (non-hydrogen) atoms. The average molecular weight is 312 g/mol. The summed E-state index contributed by atoms with van der Waals surface area (Å²) in [5.74, 6) is 0.191. The first-order valence-corrected chi connectivity index (χ1v) is 7.86. The fourth-order valence-corrected chi connectivity index (χ4v) is 2.96. The standard InChI is InChI=1S/C16H22ClNO3/c17-13-5-7-14(8-6-13)21-10-9-18-11-12-3-1-2-4-15(12)16(19)20/h5-8,12,15,18H,1-4,9-11H2,(H,19,20). The third-order valence-corrected chi connectivity index (χ3v) is 4.25. The molecule has 0 bridgehead atoms. The van der Waals surface area contributed by atoms with Crippen molar-refractivity contribution < 1.29 is 14.6 Å². The summed E-state index contributed by atoms with van der Waals surface area (Å²) >= 11 is 5.80. The molecule has 2 unspecified atom stereocenters. The maximum Gasteiger partial charge on any atom is 0.306 e. The maximum absolute atomic E-state index is 11.2. The number of ether oxygens (including phenoxy) is 1. The van der Waals surface area contributed by atoms with E-state index in [1.54, 1.807) is 12.1 Å². The molecule has 5 heteroatoms. The topological polar surface area (TPSA) is 58.6 Å². The van der Waals surface area contributed by atoms with Gasteiger partial charge in [0.1, 0.15) is 12.4 Å².